The largest absolute Gasteiger partial charge is 0.478 e. The monoisotopic (exact) mass is 584 g/mol. The Labute approximate surface area is 256 Å². The van der Waals surface area contributed by atoms with Gasteiger partial charge in [-0.3, -0.25) is 4.79 Å². The van der Waals surface area contributed by atoms with Crippen LogP contribution in [0.2, 0.25) is 0 Å². The summed E-state index contributed by atoms with van der Waals surface area (Å²) in [6.45, 7) is 5.39. The Kier molecular flexibility index (Phi) is 8.28. The zero-order valence-corrected chi connectivity index (χ0v) is 25.1. The predicted molar refractivity (Wildman–Crippen MR) is 175 cm³/mol. The molecule has 0 aliphatic carbocycles. The van der Waals surface area contributed by atoms with Crippen LogP contribution >= 0.6 is 0 Å². The van der Waals surface area contributed by atoms with Crippen molar-refractivity contribution >= 4 is 33.8 Å². The van der Waals surface area contributed by atoms with Crippen molar-refractivity contribution in [3.8, 4) is 5.69 Å². The number of carboxylic acid groups (broad SMARTS) is 1. The molecule has 1 amide bonds. The van der Waals surface area contributed by atoms with Crippen molar-refractivity contribution in [3.05, 3.63) is 131 Å². The van der Waals surface area contributed by atoms with Crippen molar-refractivity contribution in [3.63, 3.8) is 0 Å². The molecule has 0 aliphatic heterocycles. The molecule has 4 aromatic carbocycles. The number of hydrogen-bond donors (Lipinski definition) is 2. The number of para-hydroxylation sites is 1. The zero-order chi connectivity index (χ0) is 30.6. The SMILES string of the molecule is CCCc1nc2c(C)cc(C(=O)NCCCc3ccccc3)cc2n1Cc1ccc2c(ccn2-c2ccccc2C(=O)O)c1. The molecule has 0 aliphatic rings. The fourth-order valence-electron chi connectivity index (χ4n) is 5.95. The van der Waals surface area contributed by atoms with Gasteiger partial charge >= 0.3 is 5.97 Å². The number of aromatic nitrogens is 3. The summed E-state index contributed by atoms with van der Waals surface area (Å²) in [6, 6.07) is 29.5. The minimum atomic E-state index is -0.954. The van der Waals surface area contributed by atoms with Gasteiger partial charge in [0.05, 0.1) is 27.8 Å². The molecule has 2 heterocycles. The van der Waals surface area contributed by atoms with Crippen LogP contribution in [0.25, 0.3) is 27.6 Å². The van der Waals surface area contributed by atoms with E-state index in [2.05, 4.69) is 41.1 Å². The molecular formula is C37H36N4O3. The second kappa shape index (κ2) is 12.6. The van der Waals surface area contributed by atoms with Gasteiger partial charge in [0.2, 0.25) is 0 Å². The van der Waals surface area contributed by atoms with Gasteiger partial charge in [-0.25, -0.2) is 9.78 Å². The van der Waals surface area contributed by atoms with Crippen molar-refractivity contribution in [1.82, 2.24) is 19.4 Å². The quantitative estimate of drug-likeness (QED) is 0.156. The number of amides is 1. The van der Waals surface area contributed by atoms with Crippen LogP contribution in [-0.4, -0.2) is 37.6 Å². The second-order valence-corrected chi connectivity index (χ2v) is 11.3. The summed E-state index contributed by atoms with van der Waals surface area (Å²) in [4.78, 5) is 30.1. The van der Waals surface area contributed by atoms with E-state index in [0.717, 1.165) is 64.6 Å². The lowest BCUT2D eigenvalue weighted by atomic mass is 10.1. The number of rotatable bonds is 11. The fraction of sp³-hybridized carbons (Fsp3) is 0.216. The van der Waals surface area contributed by atoms with E-state index in [1.54, 1.807) is 12.1 Å². The third kappa shape index (κ3) is 5.86. The first-order valence-electron chi connectivity index (χ1n) is 15.2. The topological polar surface area (TPSA) is 89.2 Å². The maximum atomic E-state index is 13.2. The van der Waals surface area contributed by atoms with Crippen molar-refractivity contribution < 1.29 is 14.7 Å². The van der Waals surface area contributed by atoms with E-state index in [9.17, 15) is 14.7 Å². The van der Waals surface area contributed by atoms with E-state index < -0.39 is 5.97 Å². The number of imidazole rings is 1. The number of benzene rings is 4. The Balaban J connectivity index is 1.27. The Morgan fingerprint density at radius 1 is 0.864 bits per heavy atom. The molecule has 0 saturated heterocycles. The van der Waals surface area contributed by atoms with Gasteiger partial charge in [-0.05, 0) is 85.3 Å². The van der Waals surface area contributed by atoms with Gasteiger partial charge in [-0.2, -0.15) is 0 Å². The molecule has 7 nitrogen and oxygen atoms in total. The molecule has 7 heteroatoms. The van der Waals surface area contributed by atoms with Crippen LogP contribution in [0, 0.1) is 6.92 Å². The number of nitrogens with zero attached hydrogens (tertiary/aromatic N) is 3. The second-order valence-electron chi connectivity index (χ2n) is 11.3. The highest BCUT2D eigenvalue weighted by Crippen LogP contribution is 2.27. The lowest BCUT2D eigenvalue weighted by Gasteiger charge is -2.12. The highest BCUT2D eigenvalue weighted by Gasteiger charge is 2.17. The van der Waals surface area contributed by atoms with Crippen molar-refractivity contribution in [2.45, 2.75) is 46.1 Å². The van der Waals surface area contributed by atoms with Crippen LogP contribution in [0.1, 0.15) is 63.0 Å². The molecule has 0 unspecified atom stereocenters. The summed E-state index contributed by atoms with van der Waals surface area (Å²) in [5.41, 5.74) is 7.71. The molecule has 2 N–H and O–H groups in total. The lowest BCUT2D eigenvalue weighted by molar-refractivity contribution is 0.0696. The van der Waals surface area contributed by atoms with Crippen LogP contribution in [0.4, 0.5) is 0 Å². The van der Waals surface area contributed by atoms with Crippen LogP contribution < -0.4 is 5.32 Å². The molecule has 0 atom stereocenters. The first-order valence-corrected chi connectivity index (χ1v) is 15.2. The highest BCUT2D eigenvalue weighted by atomic mass is 16.4. The van der Waals surface area contributed by atoms with Gasteiger partial charge in [0.15, 0.2) is 0 Å². The molecule has 0 bridgehead atoms. The molecule has 44 heavy (non-hydrogen) atoms. The molecule has 6 rings (SSSR count). The van der Waals surface area contributed by atoms with E-state index in [0.29, 0.717) is 24.3 Å². The number of carbonyl (C=O) groups excluding carboxylic acids is 1. The molecule has 2 aromatic heterocycles. The Morgan fingerprint density at radius 3 is 2.45 bits per heavy atom. The number of carboxylic acids is 1. The van der Waals surface area contributed by atoms with Crippen molar-refractivity contribution in [1.29, 1.82) is 0 Å². The zero-order valence-electron chi connectivity index (χ0n) is 25.1. The summed E-state index contributed by atoms with van der Waals surface area (Å²) >= 11 is 0. The number of hydrogen-bond acceptors (Lipinski definition) is 3. The molecule has 0 fully saturated rings. The summed E-state index contributed by atoms with van der Waals surface area (Å²) in [5, 5.41) is 13.8. The third-order valence-electron chi connectivity index (χ3n) is 8.12. The maximum absolute atomic E-state index is 13.2. The van der Waals surface area contributed by atoms with E-state index in [-0.39, 0.29) is 11.5 Å². The van der Waals surface area contributed by atoms with E-state index in [1.807, 2.05) is 72.3 Å². The van der Waals surface area contributed by atoms with Crippen molar-refractivity contribution in [2.24, 2.45) is 0 Å². The van der Waals surface area contributed by atoms with Gasteiger partial charge < -0.3 is 19.6 Å². The summed E-state index contributed by atoms with van der Waals surface area (Å²) in [6.07, 6.45) is 5.51. The summed E-state index contributed by atoms with van der Waals surface area (Å²) in [7, 11) is 0. The number of aryl methyl sites for hydroxylation is 3. The highest BCUT2D eigenvalue weighted by molar-refractivity contribution is 5.98. The van der Waals surface area contributed by atoms with E-state index in [1.165, 1.54) is 5.56 Å². The summed E-state index contributed by atoms with van der Waals surface area (Å²) in [5.74, 6) is -0.0265. The molecule has 6 aromatic rings. The first kappa shape index (κ1) is 28.9. The normalized spacial score (nSPS) is 11.3. The van der Waals surface area contributed by atoms with Gasteiger partial charge in [-0.1, -0.05) is 55.5 Å². The molecule has 0 spiro atoms. The van der Waals surface area contributed by atoms with Crippen LogP contribution in [0.15, 0.2) is 97.2 Å². The number of fused-ring (bicyclic) bond motifs is 2. The predicted octanol–water partition coefficient (Wildman–Crippen LogP) is 7.35. The lowest BCUT2D eigenvalue weighted by Crippen LogP contribution is -2.25. The molecule has 222 valence electrons. The van der Waals surface area contributed by atoms with Crippen LogP contribution in [-0.2, 0) is 19.4 Å². The van der Waals surface area contributed by atoms with Gasteiger partial charge in [0.1, 0.15) is 5.82 Å². The number of nitrogens with one attached hydrogen (secondary N) is 1. The van der Waals surface area contributed by atoms with Gasteiger partial charge in [0.25, 0.3) is 5.91 Å². The van der Waals surface area contributed by atoms with Crippen LogP contribution in [0.3, 0.4) is 0 Å². The smallest absolute Gasteiger partial charge is 0.337 e. The van der Waals surface area contributed by atoms with Gasteiger partial charge in [-0.15, -0.1) is 0 Å². The van der Waals surface area contributed by atoms with E-state index in [4.69, 9.17) is 4.98 Å². The summed E-state index contributed by atoms with van der Waals surface area (Å²) < 4.78 is 4.15. The standard InChI is InChI=1S/C37H36N4O3/c1-3-10-34-39-35-25(2)21-29(36(42)38-19-9-13-26-11-5-4-6-12-26)23-33(35)41(34)24-27-16-17-31-28(22-27)18-20-40(31)32-15-8-7-14-30(32)37(43)44/h4-8,11-12,14-18,20-23H,3,9-10,13,19,24H2,1-2H3,(H,38,42)(H,43,44). The van der Waals surface area contributed by atoms with Gasteiger partial charge in [0, 0.05) is 36.7 Å². The number of carbonyl (C=O) groups is 2. The Hall–Kier alpha value is -5.17. The third-order valence-corrected chi connectivity index (χ3v) is 8.12. The molecule has 0 radical (unpaired) electrons. The average Bonchev–Trinajstić information content (AvgIpc) is 3.61. The number of aromatic carboxylic acids is 1. The van der Waals surface area contributed by atoms with E-state index >= 15 is 0 Å². The Bertz CT molecular complexity index is 1970. The fourth-order valence-corrected chi connectivity index (χ4v) is 5.95. The maximum Gasteiger partial charge on any atom is 0.337 e. The minimum Gasteiger partial charge on any atom is -0.478 e. The minimum absolute atomic E-state index is 0.0720. The van der Waals surface area contributed by atoms with Crippen LogP contribution in [0.5, 0.6) is 0 Å². The first-order chi connectivity index (χ1) is 21.4. The van der Waals surface area contributed by atoms with Crippen molar-refractivity contribution in [2.75, 3.05) is 6.54 Å². The molecule has 0 saturated carbocycles. The molecular weight excluding hydrogens is 548 g/mol. The Morgan fingerprint density at radius 2 is 1.66 bits per heavy atom. The average molecular weight is 585 g/mol.